The van der Waals surface area contributed by atoms with Crippen LogP contribution in [0, 0.1) is 6.92 Å². The highest BCUT2D eigenvalue weighted by atomic mass is 32.1. The summed E-state index contributed by atoms with van der Waals surface area (Å²) in [6.45, 7) is 2.65. The second kappa shape index (κ2) is 5.15. The maximum absolute atomic E-state index is 12.1. The molecule has 0 atom stereocenters. The molecule has 1 aromatic carbocycles. The first-order valence-corrected chi connectivity index (χ1v) is 6.39. The predicted molar refractivity (Wildman–Crippen MR) is 71.3 cm³/mol. The van der Waals surface area contributed by atoms with Crippen LogP contribution in [-0.2, 0) is 6.54 Å². The molecule has 2 rings (SSSR count). The quantitative estimate of drug-likeness (QED) is 0.812. The zero-order chi connectivity index (χ0) is 12.3. The van der Waals surface area contributed by atoms with E-state index >= 15 is 0 Å². The van der Waals surface area contributed by atoms with Crippen molar-refractivity contribution in [1.82, 2.24) is 4.90 Å². The molecule has 17 heavy (non-hydrogen) atoms. The minimum absolute atomic E-state index is 0.0898. The molecule has 2 aromatic rings. The molecule has 0 aliphatic rings. The van der Waals surface area contributed by atoms with Gasteiger partial charge in [0.1, 0.15) is 0 Å². The van der Waals surface area contributed by atoms with E-state index in [9.17, 15) is 4.79 Å². The molecule has 0 fully saturated rings. The molecule has 0 unspecified atom stereocenters. The Hall–Kier alpha value is -1.61. The topological polar surface area (TPSA) is 20.3 Å². The minimum Gasteiger partial charge on any atom is -0.337 e. The van der Waals surface area contributed by atoms with Gasteiger partial charge in [-0.15, -0.1) is 11.3 Å². The van der Waals surface area contributed by atoms with Crippen molar-refractivity contribution in [3.63, 3.8) is 0 Å². The van der Waals surface area contributed by atoms with E-state index in [0.717, 1.165) is 16.0 Å². The van der Waals surface area contributed by atoms with Crippen LogP contribution in [0.4, 0.5) is 0 Å². The smallest absolute Gasteiger partial charge is 0.263 e. The highest BCUT2D eigenvalue weighted by Gasteiger charge is 2.13. The summed E-state index contributed by atoms with van der Waals surface area (Å²) in [6, 6.07) is 12.0. The van der Waals surface area contributed by atoms with Gasteiger partial charge in [0.15, 0.2) is 0 Å². The van der Waals surface area contributed by atoms with E-state index in [1.165, 1.54) is 11.3 Å². The Bertz CT molecular complexity index is 504. The number of carbonyl (C=O) groups excluding carboxylic acids is 1. The Balaban J connectivity index is 2.06. The van der Waals surface area contributed by atoms with Crippen LogP contribution in [0.25, 0.3) is 0 Å². The Labute approximate surface area is 106 Å². The van der Waals surface area contributed by atoms with Crippen LogP contribution < -0.4 is 0 Å². The van der Waals surface area contributed by atoms with Crippen molar-refractivity contribution >= 4 is 17.2 Å². The van der Waals surface area contributed by atoms with Crippen LogP contribution in [0.2, 0.25) is 0 Å². The van der Waals surface area contributed by atoms with Crippen molar-refractivity contribution in [2.24, 2.45) is 0 Å². The summed E-state index contributed by atoms with van der Waals surface area (Å²) in [7, 11) is 1.84. The second-order valence-corrected chi connectivity index (χ2v) is 5.05. The fourth-order valence-electron chi connectivity index (χ4n) is 1.66. The van der Waals surface area contributed by atoms with Crippen molar-refractivity contribution < 1.29 is 4.79 Å². The third kappa shape index (κ3) is 2.94. The summed E-state index contributed by atoms with van der Waals surface area (Å²) in [6.07, 6.45) is 0. The summed E-state index contributed by atoms with van der Waals surface area (Å²) in [5.41, 5.74) is 2.29. The molecule has 0 spiro atoms. The first-order valence-electron chi connectivity index (χ1n) is 5.51. The summed E-state index contributed by atoms with van der Waals surface area (Å²) in [4.78, 5) is 14.7. The zero-order valence-electron chi connectivity index (χ0n) is 10.0. The number of benzene rings is 1. The molecule has 2 nitrogen and oxygen atoms in total. The van der Waals surface area contributed by atoms with Crippen LogP contribution in [0.3, 0.4) is 0 Å². The molecular formula is C14H15NOS. The first-order chi connectivity index (χ1) is 8.16. The van der Waals surface area contributed by atoms with E-state index in [2.05, 4.69) is 0 Å². The second-order valence-electron chi connectivity index (χ2n) is 4.14. The van der Waals surface area contributed by atoms with E-state index < -0.39 is 0 Å². The number of hydrogen-bond donors (Lipinski definition) is 0. The molecule has 0 aliphatic carbocycles. The highest BCUT2D eigenvalue weighted by molar-refractivity contribution is 7.12. The number of hydrogen-bond acceptors (Lipinski definition) is 2. The van der Waals surface area contributed by atoms with Crippen LogP contribution >= 0.6 is 11.3 Å². The van der Waals surface area contributed by atoms with Gasteiger partial charge in [0.25, 0.3) is 5.91 Å². The maximum Gasteiger partial charge on any atom is 0.263 e. The van der Waals surface area contributed by atoms with E-state index in [-0.39, 0.29) is 5.91 Å². The number of amides is 1. The molecule has 0 radical (unpaired) electrons. The van der Waals surface area contributed by atoms with E-state index in [1.54, 1.807) is 4.90 Å². The average molecular weight is 245 g/mol. The van der Waals surface area contributed by atoms with Gasteiger partial charge in [-0.05, 0) is 29.5 Å². The third-order valence-corrected chi connectivity index (χ3v) is 3.59. The lowest BCUT2D eigenvalue weighted by molar-refractivity contribution is 0.0790. The standard InChI is InChI=1S/C14H15NOS/c1-11-8-13(17-10-11)14(16)15(2)9-12-6-4-3-5-7-12/h3-8,10H,9H2,1-2H3. The SMILES string of the molecule is Cc1csc(C(=O)N(C)Cc2ccccc2)c1. The Morgan fingerprint density at radius 1 is 1.29 bits per heavy atom. The van der Waals surface area contributed by atoms with E-state index in [0.29, 0.717) is 6.54 Å². The van der Waals surface area contributed by atoms with Gasteiger partial charge < -0.3 is 4.90 Å². The molecule has 1 heterocycles. The van der Waals surface area contributed by atoms with Crippen LogP contribution in [0.1, 0.15) is 20.8 Å². The van der Waals surface area contributed by atoms with Crippen molar-refractivity contribution in [2.45, 2.75) is 13.5 Å². The molecule has 88 valence electrons. The van der Waals surface area contributed by atoms with E-state index in [1.807, 2.05) is 55.7 Å². The van der Waals surface area contributed by atoms with Crippen molar-refractivity contribution in [1.29, 1.82) is 0 Å². The fraction of sp³-hybridized carbons (Fsp3) is 0.214. The molecule has 3 heteroatoms. The molecule has 1 amide bonds. The molecular weight excluding hydrogens is 230 g/mol. The first kappa shape index (κ1) is 11.9. The summed E-state index contributed by atoms with van der Waals surface area (Å²) in [5.74, 6) is 0.0898. The third-order valence-electron chi connectivity index (χ3n) is 2.55. The molecule has 0 aliphatic heterocycles. The molecule has 1 aromatic heterocycles. The van der Waals surface area contributed by atoms with Gasteiger partial charge in [0.05, 0.1) is 4.88 Å². The Morgan fingerprint density at radius 2 is 2.00 bits per heavy atom. The van der Waals surface area contributed by atoms with Crippen LogP contribution in [0.15, 0.2) is 41.8 Å². The van der Waals surface area contributed by atoms with Crippen LogP contribution in [-0.4, -0.2) is 17.9 Å². The largest absolute Gasteiger partial charge is 0.337 e. The van der Waals surface area contributed by atoms with Crippen LogP contribution in [0.5, 0.6) is 0 Å². The van der Waals surface area contributed by atoms with Gasteiger partial charge in [0, 0.05) is 13.6 Å². The van der Waals surface area contributed by atoms with Crippen molar-refractivity contribution in [3.8, 4) is 0 Å². The molecule has 0 saturated heterocycles. The lowest BCUT2D eigenvalue weighted by Crippen LogP contribution is -2.25. The van der Waals surface area contributed by atoms with Crippen molar-refractivity contribution in [2.75, 3.05) is 7.05 Å². The summed E-state index contributed by atoms with van der Waals surface area (Å²) < 4.78 is 0. The summed E-state index contributed by atoms with van der Waals surface area (Å²) >= 11 is 1.51. The average Bonchev–Trinajstić information content (AvgIpc) is 2.76. The van der Waals surface area contributed by atoms with Gasteiger partial charge >= 0.3 is 0 Å². The van der Waals surface area contributed by atoms with Gasteiger partial charge in [-0.2, -0.15) is 0 Å². The molecule has 0 bridgehead atoms. The highest BCUT2D eigenvalue weighted by Crippen LogP contribution is 2.16. The van der Waals surface area contributed by atoms with Crippen molar-refractivity contribution in [3.05, 3.63) is 57.8 Å². The van der Waals surface area contributed by atoms with Gasteiger partial charge in [-0.3, -0.25) is 4.79 Å². The molecule has 0 N–H and O–H groups in total. The number of carbonyl (C=O) groups is 1. The number of thiophene rings is 1. The van der Waals surface area contributed by atoms with Gasteiger partial charge in [-0.1, -0.05) is 30.3 Å². The van der Waals surface area contributed by atoms with E-state index in [4.69, 9.17) is 0 Å². The monoisotopic (exact) mass is 245 g/mol. The Morgan fingerprint density at radius 3 is 2.59 bits per heavy atom. The number of nitrogens with zero attached hydrogens (tertiary/aromatic N) is 1. The fourth-order valence-corrected chi connectivity index (χ4v) is 2.55. The number of aryl methyl sites for hydroxylation is 1. The van der Waals surface area contributed by atoms with Gasteiger partial charge in [0.2, 0.25) is 0 Å². The normalized spacial score (nSPS) is 10.2. The Kier molecular flexibility index (Phi) is 3.59. The maximum atomic E-state index is 12.1. The zero-order valence-corrected chi connectivity index (χ0v) is 10.8. The lowest BCUT2D eigenvalue weighted by atomic mass is 10.2. The summed E-state index contributed by atoms with van der Waals surface area (Å²) in [5, 5.41) is 2.00. The number of rotatable bonds is 3. The lowest BCUT2D eigenvalue weighted by Gasteiger charge is -2.16. The minimum atomic E-state index is 0.0898. The molecule has 0 saturated carbocycles. The predicted octanol–water partition coefficient (Wildman–Crippen LogP) is 3.33. The van der Waals surface area contributed by atoms with Gasteiger partial charge in [-0.25, -0.2) is 0 Å².